The number of ether oxygens (including phenoxy) is 2. The summed E-state index contributed by atoms with van der Waals surface area (Å²) >= 11 is 1.49. The Morgan fingerprint density at radius 3 is 2.68 bits per heavy atom. The summed E-state index contributed by atoms with van der Waals surface area (Å²) in [6, 6.07) is 6.16. The molecule has 1 aromatic carbocycles. The number of methoxy groups -OCH3 is 2. The maximum atomic E-state index is 5.77. The van der Waals surface area contributed by atoms with Gasteiger partial charge in [-0.25, -0.2) is 9.97 Å². The van der Waals surface area contributed by atoms with Crippen LogP contribution < -0.4 is 14.8 Å². The molecule has 0 fully saturated rings. The highest BCUT2D eigenvalue weighted by Gasteiger charge is 2.35. The highest BCUT2D eigenvalue weighted by Crippen LogP contribution is 2.53. The zero-order valence-corrected chi connectivity index (χ0v) is 21.3. The number of anilines is 1. The van der Waals surface area contributed by atoms with Crippen molar-refractivity contribution in [3.8, 4) is 11.4 Å². The maximum Gasteiger partial charge on any atom is 0.239 e. The van der Waals surface area contributed by atoms with E-state index in [1.165, 1.54) is 17.3 Å². The standard InChI is InChI=1S/C23H26N7O2PS/c1-14-11-25-21(26-12-14)20(32-4)15(2)34-29-23-28-27-22-18-13-24-9-10-33(18,5)17-8-6-7-16(31-3)19(17)30(22)23/h6-13,15,20H,1-5H3,(H,28,29). The second-order valence-corrected chi connectivity index (χ2v) is 12.8. The molecule has 11 heteroatoms. The third kappa shape index (κ3) is 3.66. The molecule has 3 atom stereocenters. The van der Waals surface area contributed by atoms with Gasteiger partial charge in [-0.15, -0.1) is 10.2 Å². The third-order valence-corrected chi connectivity index (χ3v) is 10.4. The van der Waals surface area contributed by atoms with Gasteiger partial charge in [-0.2, -0.15) is 0 Å². The molecule has 0 saturated heterocycles. The SMILES string of the molecule is COc1cccc2c1-n1c(NSC(C)C(OC)c3ncc(C)cn3)nnc1C1=P2(C)C=CN=C1. The molecule has 34 heavy (non-hydrogen) atoms. The Kier molecular flexibility index (Phi) is 6.06. The van der Waals surface area contributed by atoms with E-state index in [0.29, 0.717) is 11.8 Å². The van der Waals surface area contributed by atoms with Crippen molar-refractivity contribution in [2.75, 3.05) is 25.6 Å². The summed E-state index contributed by atoms with van der Waals surface area (Å²) < 4.78 is 16.9. The first kappa shape index (κ1) is 22.8. The van der Waals surface area contributed by atoms with Gasteiger partial charge >= 0.3 is 0 Å². The van der Waals surface area contributed by atoms with Crippen molar-refractivity contribution in [2.24, 2.45) is 4.99 Å². The summed E-state index contributed by atoms with van der Waals surface area (Å²) in [4.78, 5) is 13.3. The van der Waals surface area contributed by atoms with Gasteiger partial charge in [0.15, 0.2) is 11.6 Å². The number of hydrogen-bond acceptors (Lipinski definition) is 9. The number of fused-ring (bicyclic) bond motifs is 5. The lowest BCUT2D eigenvalue weighted by Gasteiger charge is -2.32. The molecule has 0 radical (unpaired) electrons. The summed E-state index contributed by atoms with van der Waals surface area (Å²) in [5, 5.41) is 11.4. The Hall–Kier alpha value is -2.94. The summed E-state index contributed by atoms with van der Waals surface area (Å²) in [6.07, 6.45) is 7.10. The number of benzene rings is 1. The van der Waals surface area contributed by atoms with Crippen molar-refractivity contribution >= 4 is 41.6 Å². The van der Waals surface area contributed by atoms with E-state index in [9.17, 15) is 0 Å². The zero-order chi connectivity index (χ0) is 23.9. The minimum Gasteiger partial charge on any atom is -0.495 e. The van der Waals surface area contributed by atoms with E-state index in [1.54, 1.807) is 26.6 Å². The van der Waals surface area contributed by atoms with Crippen LogP contribution in [0.4, 0.5) is 5.95 Å². The van der Waals surface area contributed by atoms with Crippen molar-refractivity contribution in [2.45, 2.75) is 25.2 Å². The first-order valence-corrected chi connectivity index (χ1v) is 14.0. The van der Waals surface area contributed by atoms with Crippen LogP contribution in [0.1, 0.15) is 30.2 Å². The van der Waals surface area contributed by atoms with Gasteiger partial charge in [-0.1, -0.05) is 12.1 Å². The molecule has 5 rings (SSSR count). The fourth-order valence-corrected chi connectivity index (χ4v) is 7.85. The van der Waals surface area contributed by atoms with Crippen LogP contribution in [0.3, 0.4) is 0 Å². The number of aromatic nitrogens is 5. The van der Waals surface area contributed by atoms with Crippen molar-refractivity contribution in [1.29, 1.82) is 0 Å². The van der Waals surface area contributed by atoms with Crippen LogP contribution in [0.25, 0.3) is 5.69 Å². The molecule has 2 aliphatic heterocycles. The van der Waals surface area contributed by atoms with Crippen molar-refractivity contribution in [3.05, 3.63) is 59.8 Å². The molecule has 0 bridgehead atoms. The largest absolute Gasteiger partial charge is 0.495 e. The van der Waals surface area contributed by atoms with E-state index in [4.69, 9.17) is 9.47 Å². The number of aryl methyl sites for hydroxylation is 1. The van der Waals surface area contributed by atoms with Gasteiger partial charge in [0.1, 0.15) is 17.5 Å². The molecule has 0 spiro atoms. The minimum atomic E-state index is -1.81. The van der Waals surface area contributed by atoms with Crippen molar-refractivity contribution < 1.29 is 9.47 Å². The van der Waals surface area contributed by atoms with Gasteiger partial charge in [0.25, 0.3) is 0 Å². The predicted octanol–water partition coefficient (Wildman–Crippen LogP) is 3.57. The number of nitrogens with one attached hydrogen (secondary N) is 1. The highest BCUT2D eigenvalue weighted by molar-refractivity contribution is 8.01. The molecule has 9 nitrogen and oxygen atoms in total. The molecule has 2 aliphatic rings. The molecular formula is C23H26N7O2PS. The highest BCUT2D eigenvalue weighted by atomic mass is 32.2. The molecule has 2 aromatic heterocycles. The monoisotopic (exact) mass is 495 g/mol. The van der Waals surface area contributed by atoms with Gasteiger partial charge in [-0.05, 0) is 56.8 Å². The molecule has 0 saturated carbocycles. The van der Waals surface area contributed by atoms with Crippen LogP contribution in [-0.2, 0) is 4.74 Å². The fourth-order valence-electron chi connectivity index (χ4n) is 4.23. The van der Waals surface area contributed by atoms with Crippen LogP contribution in [0, 0.1) is 6.92 Å². The summed E-state index contributed by atoms with van der Waals surface area (Å²) in [6.45, 7) is 4.49. The lowest BCUT2D eigenvalue weighted by atomic mass is 10.2. The van der Waals surface area contributed by atoms with Crippen LogP contribution >= 0.6 is 18.8 Å². The molecule has 0 aliphatic carbocycles. The average Bonchev–Trinajstić information content (AvgIpc) is 3.27. The molecule has 1 N–H and O–H groups in total. The van der Waals surface area contributed by atoms with E-state index < -0.39 is 6.89 Å². The third-order valence-electron chi connectivity index (χ3n) is 6.03. The smallest absolute Gasteiger partial charge is 0.239 e. The lowest BCUT2D eigenvalue weighted by molar-refractivity contribution is 0.0972. The van der Waals surface area contributed by atoms with Crippen LogP contribution in [0.15, 0.2) is 47.6 Å². The molecule has 176 valence electrons. The Labute approximate surface area is 202 Å². The minimum absolute atomic E-state index is 0.00835. The molecule has 0 amide bonds. The van der Waals surface area contributed by atoms with E-state index in [-0.39, 0.29) is 11.4 Å². The van der Waals surface area contributed by atoms with E-state index in [1.807, 2.05) is 36.0 Å². The second kappa shape index (κ2) is 9.02. The summed E-state index contributed by atoms with van der Waals surface area (Å²) in [7, 11) is 3.36. The van der Waals surface area contributed by atoms with E-state index >= 15 is 0 Å². The lowest BCUT2D eigenvalue weighted by Crippen LogP contribution is -2.29. The second-order valence-electron chi connectivity index (χ2n) is 8.25. The van der Waals surface area contributed by atoms with Gasteiger partial charge in [-0.3, -0.25) is 14.3 Å². The van der Waals surface area contributed by atoms with Crippen LogP contribution in [-0.4, -0.2) is 62.4 Å². The quantitative estimate of drug-likeness (QED) is 0.392. The molecule has 3 unspecified atom stereocenters. The Balaban J connectivity index is 1.52. The Morgan fingerprint density at radius 1 is 1.15 bits per heavy atom. The Morgan fingerprint density at radius 2 is 1.94 bits per heavy atom. The van der Waals surface area contributed by atoms with E-state index in [2.05, 4.69) is 55.4 Å². The summed E-state index contributed by atoms with van der Waals surface area (Å²) in [5.41, 5.74) is 1.97. The van der Waals surface area contributed by atoms with Crippen molar-refractivity contribution in [1.82, 2.24) is 24.7 Å². The first-order valence-electron chi connectivity index (χ1n) is 10.8. The predicted molar refractivity (Wildman–Crippen MR) is 139 cm³/mol. The van der Waals surface area contributed by atoms with Gasteiger partial charge in [0.2, 0.25) is 5.95 Å². The summed E-state index contributed by atoms with van der Waals surface area (Å²) in [5.74, 6) is 5.01. The van der Waals surface area contributed by atoms with Gasteiger partial charge < -0.3 is 9.47 Å². The Bertz CT molecular complexity index is 1350. The number of nitrogens with zero attached hydrogens (tertiary/aromatic N) is 6. The zero-order valence-electron chi connectivity index (χ0n) is 19.6. The topological polar surface area (TPSA) is 99.3 Å². The number of hydrogen-bond donors (Lipinski definition) is 1. The molecule has 3 aromatic rings. The fraction of sp³-hybridized carbons (Fsp3) is 0.304. The van der Waals surface area contributed by atoms with E-state index in [0.717, 1.165) is 28.1 Å². The van der Waals surface area contributed by atoms with Gasteiger partial charge in [0.05, 0.1) is 12.4 Å². The molecular weight excluding hydrogens is 469 g/mol. The number of rotatable bonds is 7. The van der Waals surface area contributed by atoms with Crippen molar-refractivity contribution in [3.63, 3.8) is 0 Å². The first-order chi connectivity index (χ1) is 16.5. The maximum absolute atomic E-state index is 5.77. The molecule has 4 heterocycles. The van der Waals surface area contributed by atoms with Crippen LogP contribution in [0.5, 0.6) is 5.75 Å². The number of aliphatic imine (C=N–C) groups is 1. The van der Waals surface area contributed by atoms with Gasteiger partial charge in [0, 0.05) is 42.5 Å². The van der Waals surface area contributed by atoms with Crippen LogP contribution in [0.2, 0.25) is 0 Å². The normalized spacial score (nSPS) is 19.7. The average molecular weight is 496 g/mol. The number of para-hydroxylation sites is 1.